The van der Waals surface area contributed by atoms with Gasteiger partial charge in [-0.05, 0) is 69.2 Å². The minimum atomic E-state index is 0.0754. The fourth-order valence-electron chi connectivity index (χ4n) is 6.20. The van der Waals surface area contributed by atoms with Gasteiger partial charge in [-0.1, -0.05) is 25.7 Å². The Morgan fingerprint density at radius 1 is 1.00 bits per heavy atom. The molecule has 0 aromatic heterocycles. The van der Waals surface area contributed by atoms with Crippen LogP contribution in [-0.2, 0) is 4.79 Å². The number of carbonyl (C=O) groups is 1. The molecule has 4 rings (SSSR count). The van der Waals surface area contributed by atoms with Crippen molar-refractivity contribution >= 4 is 5.91 Å². The quantitative estimate of drug-likeness (QED) is 0.868. The predicted molar refractivity (Wildman–Crippen MR) is 88.5 cm³/mol. The van der Waals surface area contributed by atoms with Crippen LogP contribution >= 0.6 is 0 Å². The Balaban J connectivity index is 1.52. The zero-order valence-corrected chi connectivity index (χ0v) is 14.1. The maximum absolute atomic E-state index is 13.1. The monoisotopic (exact) mass is 304 g/mol. The molecular weight excluding hydrogens is 272 g/mol. The van der Waals surface area contributed by atoms with Crippen LogP contribution in [0, 0.1) is 23.7 Å². The van der Waals surface area contributed by atoms with Gasteiger partial charge in [0.2, 0.25) is 5.91 Å². The Bertz CT molecular complexity index is 424. The van der Waals surface area contributed by atoms with Crippen molar-refractivity contribution in [1.29, 1.82) is 0 Å². The standard InChI is InChI=1S/C19H32N2O/c1-20-17-9-8-14-5-3-7-18(14)21(19(17)22)12-16-11-13-4-2-6-15(16)10-13/h13-18,20H,2-12H2,1H3. The molecule has 1 saturated heterocycles. The van der Waals surface area contributed by atoms with Crippen LogP contribution in [0.4, 0.5) is 0 Å². The molecule has 3 saturated carbocycles. The van der Waals surface area contributed by atoms with Crippen molar-refractivity contribution in [2.24, 2.45) is 23.7 Å². The molecule has 0 aromatic carbocycles. The lowest BCUT2D eigenvalue weighted by molar-refractivity contribution is -0.136. The molecule has 2 bridgehead atoms. The van der Waals surface area contributed by atoms with Gasteiger partial charge >= 0.3 is 0 Å². The minimum absolute atomic E-state index is 0.0754. The van der Waals surface area contributed by atoms with Crippen LogP contribution in [0.1, 0.15) is 64.2 Å². The zero-order chi connectivity index (χ0) is 15.1. The molecule has 3 aliphatic carbocycles. The number of fused-ring (bicyclic) bond motifs is 3. The number of hydrogen-bond acceptors (Lipinski definition) is 2. The molecule has 4 aliphatic rings. The topological polar surface area (TPSA) is 32.3 Å². The van der Waals surface area contributed by atoms with E-state index in [0.29, 0.717) is 11.9 Å². The van der Waals surface area contributed by atoms with E-state index in [4.69, 9.17) is 0 Å². The normalized spacial score (nSPS) is 45.0. The summed E-state index contributed by atoms with van der Waals surface area (Å²) in [6.07, 6.45) is 13.4. The summed E-state index contributed by atoms with van der Waals surface area (Å²) in [5.41, 5.74) is 0. The van der Waals surface area contributed by atoms with E-state index in [0.717, 1.165) is 36.6 Å². The molecule has 1 aliphatic heterocycles. The van der Waals surface area contributed by atoms with E-state index in [1.54, 1.807) is 0 Å². The largest absolute Gasteiger partial charge is 0.338 e. The SMILES string of the molecule is CNC1CCC2CCCC2N(CC2CC3CCCC2C3)C1=O. The average molecular weight is 304 g/mol. The molecule has 6 unspecified atom stereocenters. The van der Waals surface area contributed by atoms with Crippen molar-refractivity contribution < 1.29 is 4.79 Å². The number of rotatable bonds is 3. The lowest BCUT2D eigenvalue weighted by atomic mass is 9.86. The number of nitrogens with zero attached hydrogens (tertiary/aromatic N) is 1. The first-order valence-electron chi connectivity index (χ1n) is 9.74. The Hall–Kier alpha value is -0.570. The van der Waals surface area contributed by atoms with Crippen LogP contribution < -0.4 is 5.32 Å². The molecule has 0 radical (unpaired) electrons. The maximum Gasteiger partial charge on any atom is 0.239 e. The summed E-state index contributed by atoms with van der Waals surface area (Å²) in [6.45, 7) is 1.07. The summed E-state index contributed by atoms with van der Waals surface area (Å²) in [7, 11) is 1.96. The first-order chi connectivity index (χ1) is 10.8. The zero-order valence-electron chi connectivity index (χ0n) is 14.1. The van der Waals surface area contributed by atoms with Gasteiger partial charge in [-0.25, -0.2) is 0 Å². The van der Waals surface area contributed by atoms with Gasteiger partial charge in [0, 0.05) is 12.6 Å². The highest BCUT2D eigenvalue weighted by Crippen LogP contribution is 2.47. The van der Waals surface area contributed by atoms with Crippen LogP contribution in [0.25, 0.3) is 0 Å². The Kier molecular flexibility index (Phi) is 4.19. The van der Waals surface area contributed by atoms with Crippen molar-refractivity contribution in [2.45, 2.75) is 76.3 Å². The van der Waals surface area contributed by atoms with Gasteiger partial charge in [-0.15, -0.1) is 0 Å². The summed E-state index contributed by atoms with van der Waals surface area (Å²) >= 11 is 0. The summed E-state index contributed by atoms with van der Waals surface area (Å²) in [5, 5.41) is 3.29. The number of likely N-dealkylation sites (N-methyl/N-ethyl adjacent to an activating group) is 1. The first kappa shape index (κ1) is 15.0. The fraction of sp³-hybridized carbons (Fsp3) is 0.947. The number of amides is 1. The highest BCUT2D eigenvalue weighted by atomic mass is 16.2. The van der Waals surface area contributed by atoms with E-state index in [9.17, 15) is 4.79 Å². The molecule has 3 nitrogen and oxygen atoms in total. The number of nitrogens with one attached hydrogen (secondary N) is 1. The molecule has 1 N–H and O–H groups in total. The molecule has 6 atom stereocenters. The van der Waals surface area contributed by atoms with E-state index in [1.807, 2.05) is 7.05 Å². The first-order valence-corrected chi connectivity index (χ1v) is 9.74. The highest BCUT2D eigenvalue weighted by Gasteiger charge is 2.44. The summed E-state index contributed by atoms with van der Waals surface area (Å²) < 4.78 is 0. The third kappa shape index (κ3) is 2.60. The molecule has 4 fully saturated rings. The van der Waals surface area contributed by atoms with Crippen molar-refractivity contribution in [3.63, 3.8) is 0 Å². The number of likely N-dealkylation sites (tertiary alicyclic amines) is 1. The van der Waals surface area contributed by atoms with Crippen LogP contribution in [-0.4, -0.2) is 36.5 Å². The summed E-state index contributed by atoms with van der Waals surface area (Å²) in [6, 6.07) is 0.637. The molecule has 124 valence electrons. The molecule has 3 heteroatoms. The van der Waals surface area contributed by atoms with Gasteiger partial charge in [0.25, 0.3) is 0 Å². The van der Waals surface area contributed by atoms with Gasteiger partial charge in [-0.3, -0.25) is 4.79 Å². The second kappa shape index (κ2) is 6.14. The van der Waals surface area contributed by atoms with E-state index < -0.39 is 0 Å². The third-order valence-corrected chi connectivity index (χ3v) is 7.33. The predicted octanol–water partition coefficient (Wildman–Crippen LogP) is 3.19. The summed E-state index contributed by atoms with van der Waals surface area (Å²) in [5.74, 6) is 3.89. The molecule has 0 aromatic rings. The van der Waals surface area contributed by atoms with Crippen molar-refractivity contribution in [3.05, 3.63) is 0 Å². The Morgan fingerprint density at radius 2 is 1.82 bits per heavy atom. The van der Waals surface area contributed by atoms with Crippen LogP contribution in [0.5, 0.6) is 0 Å². The van der Waals surface area contributed by atoms with Crippen LogP contribution in [0.15, 0.2) is 0 Å². The molecule has 22 heavy (non-hydrogen) atoms. The second-order valence-corrected chi connectivity index (χ2v) is 8.46. The molecule has 1 heterocycles. The van der Waals surface area contributed by atoms with Crippen LogP contribution in [0.2, 0.25) is 0 Å². The van der Waals surface area contributed by atoms with Gasteiger partial charge in [-0.2, -0.15) is 0 Å². The molecule has 1 amide bonds. The van der Waals surface area contributed by atoms with E-state index in [2.05, 4.69) is 10.2 Å². The molecule has 0 spiro atoms. The van der Waals surface area contributed by atoms with E-state index in [-0.39, 0.29) is 6.04 Å². The number of hydrogen-bond donors (Lipinski definition) is 1. The van der Waals surface area contributed by atoms with Crippen molar-refractivity contribution in [1.82, 2.24) is 10.2 Å². The van der Waals surface area contributed by atoms with Gasteiger partial charge in [0.05, 0.1) is 6.04 Å². The van der Waals surface area contributed by atoms with Crippen molar-refractivity contribution in [2.75, 3.05) is 13.6 Å². The van der Waals surface area contributed by atoms with Crippen molar-refractivity contribution in [3.8, 4) is 0 Å². The minimum Gasteiger partial charge on any atom is -0.338 e. The number of carbonyl (C=O) groups excluding carboxylic acids is 1. The fourth-order valence-corrected chi connectivity index (χ4v) is 6.20. The van der Waals surface area contributed by atoms with Gasteiger partial charge in [0.15, 0.2) is 0 Å². The lowest BCUT2D eigenvalue weighted by Gasteiger charge is -2.35. The molecular formula is C19H32N2O. The third-order valence-electron chi connectivity index (χ3n) is 7.33. The van der Waals surface area contributed by atoms with E-state index in [1.165, 1.54) is 57.8 Å². The highest BCUT2D eigenvalue weighted by molar-refractivity contribution is 5.82. The maximum atomic E-state index is 13.1. The average Bonchev–Trinajstić information content (AvgIpc) is 3.06. The smallest absolute Gasteiger partial charge is 0.239 e. The van der Waals surface area contributed by atoms with E-state index >= 15 is 0 Å². The lowest BCUT2D eigenvalue weighted by Crippen LogP contribution is -2.50. The Labute approximate surface area is 135 Å². The second-order valence-electron chi connectivity index (χ2n) is 8.46. The van der Waals surface area contributed by atoms with Gasteiger partial charge in [0.1, 0.15) is 0 Å². The van der Waals surface area contributed by atoms with Gasteiger partial charge < -0.3 is 10.2 Å². The van der Waals surface area contributed by atoms with Crippen LogP contribution in [0.3, 0.4) is 0 Å². The summed E-state index contributed by atoms with van der Waals surface area (Å²) in [4.78, 5) is 15.4. The Morgan fingerprint density at radius 3 is 2.64 bits per heavy atom.